The van der Waals surface area contributed by atoms with E-state index in [2.05, 4.69) is 20.0 Å². The smallest absolute Gasteiger partial charge is 0.310 e. The fourth-order valence-corrected chi connectivity index (χ4v) is 5.48. The van der Waals surface area contributed by atoms with Gasteiger partial charge in [-0.2, -0.15) is 0 Å². The van der Waals surface area contributed by atoms with Gasteiger partial charge in [-0.05, 0) is 38.0 Å². The molecule has 9 nitrogen and oxygen atoms in total. The van der Waals surface area contributed by atoms with Gasteiger partial charge in [-0.3, -0.25) is 9.59 Å². The molecular weight excluding hydrogens is 506 g/mol. The SMILES string of the molecule is CCOC(=O)C1CCCN(C(=O)c2nnc(N3CCN(c4cc(Cl)ccc4OC)CC3)c3ccccc23)C1. The molecule has 0 spiro atoms. The van der Waals surface area contributed by atoms with Gasteiger partial charge in [0.2, 0.25) is 0 Å². The maximum absolute atomic E-state index is 13.5. The molecule has 2 saturated heterocycles. The summed E-state index contributed by atoms with van der Waals surface area (Å²) >= 11 is 6.25. The second-order valence-electron chi connectivity index (χ2n) is 9.55. The Kier molecular flexibility index (Phi) is 7.83. The molecule has 3 aromatic rings. The van der Waals surface area contributed by atoms with Crippen molar-refractivity contribution in [3.63, 3.8) is 0 Å². The average Bonchev–Trinajstić information content (AvgIpc) is 2.96. The minimum Gasteiger partial charge on any atom is -0.495 e. The van der Waals surface area contributed by atoms with Crippen LogP contribution in [0.5, 0.6) is 5.75 Å². The number of hydrogen-bond donors (Lipinski definition) is 0. The Morgan fingerprint density at radius 1 is 1.00 bits per heavy atom. The van der Waals surface area contributed by atoms with E-state index in [0.29, 0.717) is 30.4 Å². The van der Waals surface area contributed by atoms with Crippen LogP contribution in [0.4, 0.5) is 11.5 Å². The quantitative estimate of drug-likeness (QED) is 0.435. The molecule has 2 aromatic carbocycles. The van der Waals surface area contributed by atoms with E-state index in [0.717, 1.165) is 67.0 Å². The van der Waals surface area contributed by atoms with Gasteiger partial charge in [0, 0.05) is 55.1 Å². The number of carbonyl (C=O) groups is 2. The van der Waals surface area contributed by atoms with E-state index in [9.17, 15) is 9.59 Å². The lowest BCUT2D eigenvalue weighted by molar-refractivity contribution is -0.149. The summed E-state index contributed by atoms with van der Waals surface area (Å²) in [5, 5.41) is 11.3. The van der Waals surface area contributed by atoms with Crippen molar-refractivity contribution in [2.45, 2.75) is 19.8 Å². The minimum absolute atomic E-state index is 0.202. The van der Waals surface area contributed by atoms with Gasteiger partial charge in [0.25, 0.3) is 5.91 Å². The topological polar surface area (TPSA) is 88.1 Å². The van der Waals surface area contributed by atoms with Gasteiger partial charge >= 0.3 is 5.97 Å². The number of methoxy groups -OCH3 is 1. The summed E-state index contributed by atoms with van der Waals surface area (Å²) in [4.78, 5) is 32.0. The number of piperazine rings is 1. The van der Waals surface area contributed by atoms with Crippen molar-refractivity contribution in [3.8, 4) is 5.75 Å². The molecular formula is C28H32ClN5O4. The molecule has 1 atom stereocenters. The van der Waals surface area contributed by atoms with Gasteiger partial charge in [-0.25, -0.2) is 0 Å². The fourth-order valence-electron chi connectivity index (χ4n) is 5.31. The molecule has 38 heavy (non-hydrogen) atoms. The molecule has 200 valence electrons. The summed E-state index contributed by atoms with van der Waals surface area (Å²) in [5.41, 5.74) is 1.29. The van der Waals surface area contributed by atoms with E-state index in [1.807, 2.05) is 42.5 Å². The third-order valence-corrected chi connectivity index (χ3v) is 7.49. The second kappa shape index (κ2) is 11.4. The minimum atomic E-state index is -0.305. The molecule has 10 heteroatoms. The number of rotatable bonds is 6. The molecule has 3 heterocycles. The first-order chi connectivity index (χ1) is 18.5. The van der Waals surface area contributed by atoms with Crippen molar-refractivity contribution in [1.29, 1.82) is 0 Å². The summed E-state index contributed by atoms with van der Waals surface area (Å²) in [6.45, 7) is 6.03. The van der Waals surface area contributed by atoms with Crippen molar-refractivity contribution in [2.24, 2.45) is 5.92 Å². The average molecular weight is 538 g/mol. The Balaban J connectivity index is 1.36. The van der Waals surface area contributed by atoms with Crippen LogP contribution in [0.3, 0.4) is 0 Å². The molecule has 0 bridgehead atoms. The van der Waals surface area contributed by atoms with Crippen molar-refractivity contribution in [3.05, 3.63) is 53.2 Å². The van der Waals surface area contributed by atoms with E-state index < -0.39 is 0 Å². The number of aromatic nitrogens is 2. The molecule has 0 aliphatic carbocycles. The Morgan fingerprint density at radius 3 is 2.47 bits per heavy atom. The Labute approximate surface area is 227 Å². The summed E-state index contributed by atoms with van der Waals surface area (Å²) in [5.74, 6) is 0.801. The van der Waals surface area contributed by atoms with E-state index in [1.54, 1.807) is 18.9 Å². The zero-order valence-electron chi connectivity index (χ0n) is 21.7. The van der Waals surface area contributed by atoms with Gasteiger partial charge in [-0.15, -0.1) is 10.2 Å². The van der Waals surface area contributed by atoms with Crippen molar-refractivity contribution in [1.82, 2.24) is 15.1 Å². The van der Waals surface area contributed by atoms with Gasteiger partial charge in [0.15, 0.2) is 11.5 Å². The molecule has 2 fully saturated rings. The van der Waals surface area contributed by atoms with Crippen molar-refractivity contribution >= 4 is 45.8 Å². The highest BCUT2D eigenvalue weighted by molar-refractivity contribution is 6.31. The lowest BCUT2D eigenvalue weighted by atomic mass is 9.97. The fraction of sp³-hybridized carbons (Fsp3) is 0.429. The number of fused-ring (bicyclic) bond motifs is 1. The Morgan fingerprint density at radius 2 is 1.74 bits per heavy atom. The number of halogens is 1. The van der Waals surface area contributed by atoms with Crippen LogP contribution < -0.4 is 14.5 Å². The number of anilines is 2. The summed E-state index contributed by atoms with van der Waals surface area (Å²) < 4.78 is 10.7. The number of amides is 1. The lowest BCUT2D eigenvalue weighted by Gasteiger charge is -2.37. The Bertz CT molecular complexity index is 1330. The van der Waals surface area contributed by atoms with Crippen LogP contribution in [0.15, 0.2) is 42.5 Å². The maximum atomic E-state index is 13.5. The molecule has 5 rings (SSSR count). The predicted octanol–water partition coefficient (Wildman–Crippen LogP) is 4.03. The van der Waals surface area contributed by atoms with E-state index >= 15 is 0 Å². The van der Waals surface area contributed by atoms with Crippen LogP contribution in [0.25, 0.3) is 10.8 Å². The number of likely N-dealkylation sites (tertiary alicyclic amines) is 1. The van der Waals surface area contributed by atoms with Crippen LogP contribution >= 0.6 is 11.6 Å². The number of carbonyl (C=O) groups excluding carboxylic acids is 2. The van der Waals surface area contributed by atoms with Crippen LogP contribution in [0, 0.1) is 5.92 Å². The maximum Gasteiger partial charge on any atom is 0.310 e. The molecule has 1 amide bonds. The third kappa shape index (κ3) is 5.20. The standard InChI is InChI=1S/C28H32ClN5O4/c1-3-38-28(36)19-7-6-12-34(18-19)27(35)25-21-8-4-5-9-22(21)26(31-30-25)33-15-13-32(14-16-33)23-17-20(29)10-11-24(23)37-2/h4-5,8-11,17,19H,3,6-7,12-16,18H2,1-2H3. The first-order valence-corrected chi connectivity index (χ1v) is 13.4. The number of nitrogens with zero attached hydrogens (tertiary/aromatic N) is 5. The molecule has 1 unspecified atom stereocenters. The molecule has 0 radical (unpaired) electrons. The van der Waals surface area contributed by atoms with Crippen molar-refractivity contribution < 1.29 is 19.1 Å². The van der Waals surface area contributed by atoms with Gasteiger partial charge in [-0.1, -0.05) is 35.9 Å². The molecule has 1 aromatic heterocycles. The highest BCUT2D eigenvalue weighted by Gasteiger charge is 2.32. The van der Waals surface area contributed by atoms with E-state index in [4.69, 9.17) is 21.1 Å². The third-order valence-electron chi connectivity index (χ3n) is 7.26. The number of benzene rings is 2. The van der Waals surface area contributed by atoms with Gasteiger partial charge < -0.3 is 24.2 Å². The van der Waals surface area contributed by atoms with Crippen LogP contribution in [0.2, 0.25) is 5.02 Å². The molecule has 0 N–H and O–H groups in total. The largest absolute Gasteiger partial charge is 0.495 e. The monoisotopic (exact) mass is 537 g/mol. The van der Waals surface area contributed by atoms with Gasteiger partial charge in [0.1, 0.15) is 5.75 Å². The normalized spacial score (nSPS) is 18.0. The highest BCUT2D eigenvalue weighted by atomic mass is 35.5. The molecule has 2 aliphatic heterocycles. The summed E-state index contributed by atoms with van der Waals surface area (Å²) in [7, 11) is 1.66. The highest BCUT2D eigenvalue weighted by Crippen LogP contribution is 2.33. The lowest BCUT2D eigenvalue weighted by Crippen LogP contribution is -2.47. The second-order valence-corrected chi connectivity index (χ2v) is 9.99. The van der Waals surface area contributed by atoms with Gasteiger partial charge in [0.05, 0.1) is 25.3 Å². The Hall–Kier alpha value is -3.59. The first kappa shape index (κ1) is 26.0. The van der Waals surface area contributed by atoms with Crippen LogP contribution in [0.1, 0.15) is 30.3 Å². The van der Waals surface area contributed by atoms with Crippen LogP contribution in [-0.2, 0) is 9.53 Å². The van der Waals surface area contributed by atoms with E-state index in [1.165, 1.54) is 0 Å². The zero-order valence-corrected chi connectivity index (χ0v) is 22.5. The van der Waals surface area contributed by atoms with Crippen LogP contribution in [-0.4, -0.2) is 80.0 Å². The number of piperidine rings is 1. The zero-order chi connectivity index (χ0) is 26.6. The molecule has 2 aliphatic rings. The van der Waals surface area contributed by atoms with E-state index in [-0.39, 0.29) is 17.8 Å². The number of hydrogen-bond acceptors (Lipinski definition) is 8. The van der Waals surface area contributed by atoms with Crippen molar-refractivity contribution in [2.75, 3.05) is 62.8 Å². The summed E-state index contributed by atoms with van der Waals surface area (Å²) in [6.07, 6.45) is 1.47. The first-order valence-electron chi connectivity index (χ1n) is 13.0. The predicted molar refractivity (Wildman–Crippen MR) is 147 cm³/mol. The molecule has 0 saturated carbocycles. The summed E-state index contributed by atoms with van der Waals surface area (Å²) in [6, 6.07) is 13.4. The number of ether oxygens (including phenoxy) is 2. The number of esters is 1.